The first-order valence-electron chi connectivity index (χ1n) is 15.0. The molecular formula is C35H34ClN5O4. The molecule has 9 nitrogen and oxygen atoms in total. The number of hydrogen-bond acceptors (Lipinski definition) is 8. The van der Waals surface area contributed by atoms with Crippen molar-refractivity contribution in [2.75, 3.05) is 36.5 Å². The van der Waals surface area contributed by atoms with E-state index in [0.717, 1.165) is 34.2 Å². The maximum atomic E-state index is 11.4. The number of fused-ring (bicyclic) bond motifs is 1. The van der Waals surface area contributed by atoms with E-state index in [1.54, 1.807) is 12.3 Å². The summed E-state index contributed by atoms with van der Waals surface area (Å²) in [7, 11) is 0. The summed E-state index contributed by atoms with van der Waals surface area (Å²) < 4.78 is 18.0. The summed E-state index contributed by atoms with van der Waals surface area (Å²) in [6, 6.07) is 19.8. The summed E-state index contributed by atoms with van der Waals surface area (Å²) in [5, 5.41) is 14.7. The van der Waals surface area contributed by atoms with E-state index in [9.17, 15) is 10.1 Å². The van der Waals surface area contributed by atoms with Crippen molar-refractivity contribution in [3.8, 4) is 17.6 Å². The van der Waals surface area contributed by atoms with Gasteiger partial charge in [-0.25, -0.2) is 0 Å². The first-order valence-corrected chi connectivity index (χ1v) is 15.3. The topological polar surface area (TPSA) is 123 Å². The molecule has 230 valence electrons. The van der Waals surface area contributed by atoms with Gasteiger partial charge in [0.25, 0.3) is 0 Å². The standard InChI is InChI=1S/C35H34ClN5O4/c1-22-4-2-3-5-24(22)20-44-32-7-6-26(15-29(32)36)40-35-25(18-37)19-39-30-17-33(45-27-10-13-43-21-27)31(16-28(30)35)41-11-8-23(9-12-41)14-34(38)42/h2-7,14-17,19,27H,8-13,20-21H2,1H3,(H2,38,42)(H,39,40). The van der Waals surface area contributed by atoms with Gasteiger partial charge in [0.2, 0.25) is 5.91 Å². The molecule has 2 aliphatic heterocycles. The minimum atomic E-state index is -0.425. The second kappa shape index (κ2) is 13.5. The van der Waals surface area contributed by atoms with Crippen LogP contribution in [0.3, 0.4) is 0 Å². The predicted octanol–water partition coefficient (Wildman–Crippen LogP) is 6.57. The lowest BCUT2D eigenvalue weighted by Gasteiger charge is -2.32. The van der Waals surface area contributed by atoms with Crippen LogP contribution in [0, 0.1) is 18.3 Å². The Hall–Kier alpha value is -4.78. The number of nitrogens with two attached hydrogens (primary N) is 1. The molecule has 45 heavy (non-hydrogen) atoms. The Balaban J connectivity index is 1.32. The Morgan fingerprint density at radius 2 is 2.02 bits per heavy atom. The molecule has 3 heterocycles. The number of aromatic nitrogens is 1. The predicted molar refractivity (Wildman–Crippen MR) is 175 cm³/mol. The Morgan fingerprint density at radius 1 is 1.20 bits per heavy atom. The van der Waals surface area contributed by atoms with E-state index in [0.29, 0.717) is 84.7 Å². The van der Waals surface area contributed by atoms with Crippen LogP contribution in [0.5, 0.6) is 11.5 Å². The van der Waals surface area contributed by atoms with Crippen LogP contribution in [-0.4, -0.2) is 43.3 Å². The highest BCUT2D eigenvalue weighted by atomic mass is 35.5. The van der Waals surface area contributed by atoms with Crippen LogP contribution in [0.1, 0.15) is 36.0 Å². The largest absolute Gasteiger partial charge is 0.487 e. The fourth-order valence-corrected chi connectivity index (χ4v) is 5.94. The number of ether oxygens (including phenoxy) is 3. The van der Waals surface area contributed by atoms with Gasteiger partial charge in [-0.2, -0.15) is 5.26 Å². The number of carbonyl (C=O) groups excluding carboxylic acids is 1. The van der Waals surface area contributed by atoms with E-state index in [2.05, 4.69) is 21.3 Å². The molecule has 0 saturated carbocycles. The maximum absolute atomic E-state index is 11.4. The highest BCUT2D eigenvalue weighted by Gasteiger charge is 2.24. The van der Waals surface area contributed by atoms with Crippen LogP contribution < -0.4 is 25.4 Å². The molecule has 0 spiro atoms. The minimum Gasteiger partial charge on any atom is -0.487 e. The zero-order valence-corrected chi connectivity index (χ0v) is 25.8. The van der Waals surface area contributed by atoms with Gasteiger partial charge in [0.05, 0.1) is 40.7 Å². The van der Waals surface area contributed by atoms with Crippen LogP contribution in [0.2, 0.25) is 5.02 Å². The quantitative estimate of drug-likeness (QED) is 0.201. The summed E-state index contributed by atoms with van der Waals surface area (Å²) in [5.41, 5.74) is 12.0. The van der Waals surface area contributed by atoms with Crippen LogP contribution in [0.4, 0.5) is 17.1 Å². The number of nitrogens with one attached hydrogen (secondary N) is 1. The van der Waals surface area contributed by atoms with Gasteiger partial charge in [-0.15, -0.1) is 0 Å². The Kier molecular flexibility index (Phi) is 9.06. The highest BCUT2D eigenvalue weighted by Crippen LogP contribution is 2.40. The number of aryl methyl sites for hydroxylation is 1. The molecule has 2 aliphatic rings. The van der Waals surface area contributed by atoms with Crippen molar-refractivity contribution < 1.29 is 19.0 Å². The first-order chi connectivity index (χ1) is 21.9. The number of anilines is 3. The molecule has 3 aromatic carbocycles. The number of amides is 1. The zero-order chi connectivity index (χ0) is 31.3. The van der Waals surface area contributed by atoms with Gasteiger partial charge >= 0.3 is 0 Å². The second-order valence-electron chi connectivity index (χ2n) is 11.3. The van der Waals surface area contributed by atoms with Gasteiger partial charge < -0.3 is 30.2 Å². The SMILES string of the molecule is Cc1ccccc1COc1ccc(Nc2c(C#N)cnc3cc(OC4CCOC4)c(N4CCC(=CC(N)=O)CC4)cc23)cc1Cl. The Labute approximate surface area is 267 Å². The number of benzene rings is 3. The molecule has 3 N–H and O–H groups in total. The van der Waals surface area contributed by atoms with Crippen LogP contribution in [0.15, 0.2) is 72.4 Å². The Morgan fingerprint density at radius 3 is 2.73 bits per heavy atom. The molecule has 1 atom stereocenters. The van der Waals surface area contributed by atoms with Gasteiger partial charge in [-0.05, 0) is 55.2 Å². The maximum Gasteiger partial charge on any atom is 0.241 e. The highest BCUT2D eigenvalue weighted by molar-refractivity contribution is 6.32. The number of pyridine rings is 1. The number of carbonyl (C=O) groups is 1. The van der Waals surface area contributed by atoms with Gasteiger partial charge in [-0.1, -0.05) is 41.4 Å². The molecule has 0 radical (unpaired) electrons. The van der Waals surface area contributed by atoms with Crippen molar-refractivity contribution in [2.24, 2.45) is 5.73 Å². The van der Waals surface area contributed by atoms with Crippen LogP contribution in [0.25, 0.3) is 10.9 Å². The average molecular weight is 624 g/mol. The summed E-state index contributed by atoms with van der Waals surface area (Å²) in [5.74, 6) is 0.855. The molecule has 10 heteroatoms. The molecular weight excluding hydrogens is 590 g/mol. The molecule has 0 bridgehead atoms. The summed E-state index contributed by atoms with van der Waals surface area (Å²) >= 11 is 6.66. The normalized spacial score (nSPS) is 16.3. The number of piperidine rings is 1. The smallest absolute Gasteiger partial charge is 0.241 e. The molecule has 1 amide bonds. The van der Waals surface area contributed by atoms with E-state index in [4.69, 9.17) is 31.5 Å². The number of nitriles is 1. The summed E-state index contributed by atoms with van der Waals surface area (Å²) in [6.07, 6.45) is 5.27. The fourth-order valence-electron chi connectivity index (χ4n) is 5.70. The van der Waals surface area contributed by atoms with E-state index in [1.165, 1.54) is 6.08 Å². The molecule has 0 aliphatic carbocycles. The monoisotopic (exact) mass is 623 g/mol. The third-order valence-electron chi connectivity index (χ3n) is 8.19. The van der Waals surface area contributed by atoms with Crippen molar-refractivity contribution in [3.63, 3.8) is 0 Å². The molecule has 4 aromatic rings. The average Bonchev–Trinajstić information content (AvgIpc) is 3.55. The number of halogens is 1. The van der Waals surface area contributed by atoms with Crippen molar-refractivity contribution >= 4 is 45.5 Å². The minimum absolute atomic E-state index is 0.0547. The molecule has 1 aromatic heterocycles. The van der Waals surface area contributed by atoms with E-state index in [1.807, 2.05) is 55.5 Å². The first kappa shape index (κ1) is 30.3. The van der Waals surface area contributed by atoms with Gasteiger partial charge in [0.15, 0.2) is 0 Å². The molecule has 6 rings (SSSR count). The lowest BCUT2D eigenvalue weighted by atomic mass is 10.0. The second-order valence-corrected chi connectivity index (χ2v) is 11.7. The van der Waals surface area contributed by atoms with Gasteiger partial charge in [-0.3, -0.25) is 9.78 Å². The third-order valence-corrected chi connectivity index (χ3v) is 8.48. The molecule has 2 fully saturated rings. The van der Waals surface area contributed by atoms with Crippen molar-refractivity contribution in [3.05, 3.63) is 94.2 Å². The fraction of sp³-hybridized carbons (Fsp3) is 0.286. The number of rotatable bonds is 9. The Bertz CT molecular complexity index is 1800. The number of hydrogen-bond donors (Lipinski definition) is 2. The molecule has 2 saturated heterocycles. The number of nitrogens with zero attached hydrogens (tertiary/aromatic N) is 3. The van der Waals surface area contributed by atoms with Gasteiger partial charge in [0, 0.05) is 48.9 Å². The van der Waals surface area contributed by atoms with Crippen molar-refractivity contribution in [1.82, 2.24) is 4.98 Å². The van der Waals surface area contributed by atoms with E-state index in [-0.39, 0.29) is 6.10 Å². The third kappa shape index (κ3) is 6.98. The zero-order valence-electron chi connectivity index (χ0n) is 25.0. The lowest BCUT2D eigenvalue weighted by molar-refractivity contribution is -0.113. The lowest BCUT2D eigenvalue weighted by Crippen LogP contribution is -2.32. The van der Waals surface area contributed by atoms with Crippen molar-refractivity contribution in [1.29, 1.82) is 5.26 Å². The van der Waals surface area contributed by atoms with Crippen LogP contribution >= 0.6 is 11.6 Å². The summed E-state index contributed by atoms with van der Waals surface area (Å²) in [4.78, 5) is 18.3. The number of primary amides is 1. The van der Waals surface area contributed by atoms with E-state index >= 15 is 0 Å². The van der Waals surface area contributed by atoms with Crippen molar-refractivity contribution in [2.45, 2.75) is 38.9 Å². The molecule has 1 unspecified atom stereocenters. The summed E-state index contributed by atoms with van der Waals surface area (Å²) in [6.45, 7) is 5.03. The van der Waals surface area contributed by atoms with E-state index < -0.39 is 5.91 Å². The van der Waals surface area contributed by atoms with Crippen LogP contribution in [-0.2, 0) is 16.1 Å². The van der Waals surface area contributed by atoms with Gasteiger partial charge in [0.1, 0.15) is 30.3 Å².